The minimum atomic E-state index is -0.906. The Balaban J connectivity index is 2.92. The van der Waals surface area contributed by atoms with Crippen LogP contribution in [0.25, 0.3) is 0 Å². The van der Waals surface area contributed by atoms with Crippen molar-refractivity contribution in [1.29, 1.82) is 0 Å². The molecule has 0 bridgehead atoms. The summed E-state index contributed by atoms with van der Waals surface area (Å²) in [7, 11) is 3.51. The van der Waals surface area contributed by atoms with Gasteiger partial charge in [0.15, 0.2) is 0 Å². The van der Waals surface area contributed by atoms with E-state index in [0.29, 0.717) is 25.2 Å². The largest absolute Gasteiger partial charge is 0.512 e. The van der Waals surface area contributed by atoms with Gasteiger partial charge in [0.05, 0.1) is 18.8 Å². The van der Waals surface area contributed by atoms with E-state index in [2.05, 4.69) is 6.58 Å². The molecule has 3 N–H and O–H groups in total. The van der Waals surface area contributed by atoms with Crippen LogP contribution in [0.5, 0.6) is 5.75 Å². The fraction of sp³-hybridized carbons (Fsp3) is 0.438. The minimum absolute atomic E-state index is 0.0658. The van der Waals surface area contributed by atoms with Crippen molar-refractivity contribution in [2.45, 2.75) is 20.0 Å². The monoisotopic (exact) mass is 308 g/mol. The molecule has 6 heteroatoms. The summed E-state index contributed by atoms with van der Waals surface area (Å²) in [6, 6.07) is 3.73. The van der Waals surface area contributed by atoms with E-state index in [1.54, 1.807) is 11.9 Å². The molecule has 22 heavy (non-hydrogen) atoms. The van der Waals surface area contributed by atoms with Gasteiger partial charge in [-0.2, -0.15) is 0 Å². The standard InChI is InChI=1S/C16H24N2O4/c1-11-5-13(8-17(3)7-12(2)19)16(22)14(6-11)9-18(4)10-15(20)21/h5-6,19,22H,2,7-10H2,1,3-4H3,(H,20,21). The summed E-state index contributed by atoms with van der Waals surface area (Å²) in [5.74, 6) is -0.676. The van der Waals surface area contributed by atoms with Crippen LogP contribution < -0.4 is 0 Å². The number of rotatable bonds is 8. The average Bonchev–Trinajstić information content (AvgIpc) is 2.32. The third-order valence-electron chi connectivity index (χ3n) is 3.15. The Kier molecular flexibility index (Phi) is 6.39. The number of aliphatic hydroxyl groups excluding tert-OH is 1. The van der Waals surface area contributed by atoms with Crippen molar-refractivity contribution in [1.82, 2.24) is 9.80 Å². The number of hydrogen-bond acceptors (Lipinski definition) is 5. The number of hydrogen-bond donors (Lipinski definition) is 3. The summed E-state index contributed by atoms with van der Waals surface area (Å²) in [6.07, 6.45) is 0. The van der Waals surface area contributed by atoms with Gasteiger partial charge in [0.2, 0.25) is 0 Å². The van der Waals surface area contributed by atoms with E-state index in [1.165, 1.54) is 0 Å². The zero-order chi connectivity index (χ0) is 16.9. The van der Waals surface area contributed by atoms with Crippen molar-refractivity contribution in [3.63, 3.8) is 0 Å². The molecule has 0 aliphatic heterocycles. The smallest absolute Gasteiger partial charge is 0.317 e. The van der Waals surface area contributed by atoms with Gasteiger partial charge < -0.3 is 15.3 Å². The zero-order valence-corrected chi connectivity index (χ0v) is 13.3. The number of carboxylic acids is 1. The Labute approximate surface area is 130 Å². The first-order chi connectivity index (χ1) is 10.2. The number of likely N-dealkylation sites (N-methyl/N-ethyl adjacent to an activating group) is 2. The van der Waals surface area contributed by atoms with Crippen LogP contribution >= 0.6 is 0 Å². The van der Waals surface area contributed by atoms with Gasteiger partial charge in [0.25, 0.3) is 0 Å². The molecular formula is C16H24N2O4. The lowest BCUT2D eigenvalue weighted by atomic mass is 10.0. The predicted molar refractivity (Wildman–Crippen MR) is 84.9 cm³/mol. The van der Waals surface area contributed by atoms with Gasteiger partial charge in [0, 0.05) is 24.2 Å². The van der Waals surface area contributed by atoms with Gasteiger partial charge in [-0.25, -0.2) is 0 Å². The third-order valence-corrected chi connectivity index (χ3v) is 3.15. The van der Waals surface area contributed by atoms with Crippen LogP contribution in [0, 0.1) is 6.92 Å². The van der Waals surface area contributed by atoms with E-state index in [4.69, 9.17) is 5.11 Å². The van der Waals surface area contributed by atoms with Gasteiger partial charge in [-0.1, -0.05) is 24.3 Å². The predicted octanol–water partition coefficient (Wildman–Crippen LogP) is 1.72. The Morgan fingerprint density at radius 1 is 1.09 bits per heavy atom. The molecule has 0 amide bonds. The van der Waals surface area contributed by atoms with Crippen molar-refractivity contribution in [2.24, 2.45) is 0 Å². The summed E-state index contributed by atoms with van der Waals surface area (Å²) in [5, 5.41) is 28.4. The maximum absolute atomic E-state index is 10.7. The van der Waals surface area contributed by atoms with Crippen molar-refractivity contribution in [3.8, 4) is 5.75 Å². The van der Waals surface area contributed by atoms with Crippen LogP contribution in [0.3, 0.4) is 0 Å². The normalized spacial score (nSPS) is 11.1. The van der Waals surface area contributed by atoms with E-state index in [1.807, 2.05) is 31.0 Å². The molecule has 1 rings (SSSR count). The number of aliphatic hydroxyl groups is 1. The molecular weight excluding hydrogens is 284 g/mol. The molecule has 0 saturated carbocycles. The first kappa shape index (κ1) is 18.0. The highest BCUT2D eigenvalue weighted by Crippen LogP contribution is 2.26. The molecule has 0 aromatic heterocycles. The Morgan fingerprint density at radius 2 is 1.55 bits per heavy atom. The molecule has 0 heterocycles. The number of nitrogens with zero attached hydrogens (tertiary/aromatic N) is 2. The first-order valence-electron chi connectivity index (χ1n) is 6.96. The van der Waals surface area contributed by atoms with Crippen LogP contribution in [0.4, 0.5) is 0 Å². The van der Waals surface area contributed by atoms with Crippen molar-refractivity contribution in [3.05, 3.63) is 41.2 Å². The Bertz CT molecular complexity index is 512. The van der Waals surface area contributed by atoms with Gasteiger partial charge in [0.1, 0.15) is 5.75 Å². The van der Waals surface area contributed by atoms with Crippen LogP contribution in [0.15, 0.2) is 24.5 Å². The second kappa shape index (κ2) is 7.82. The molecule has 0 aliphatic rings. The fourth-order valence-corrected chi connectivity index (χ4v) is 2.41. The molecule has 0 spiro atoms. The van der Waals surface area contributed by atoms with Crippen molar-refractivity contribution in [2.75, 3.05) is 27.2 Å². The molecule has 122 valence electrons. The minimum Gasteiger partial charge on any atom is -0.512 e. The SMILES string of the molecule is C=C(O)CN(C)Cc1cc(C)cc(CN(C)CC(=O)O)c1O. The lowest BCUT2D eigenvalue weighted by molar-refractivity contribution is -0.138. The summed E-state index contributed by atoms with van der Waals surface area (Å²) < 4.78 is 0. The van der Waals surface area contributed by atoms with E-state index in [9.17, 15) is 15.0 Å². The number of aryl methyl sites for hydroxylation is 1. The van der Waals surface area contributed by atoms with E-state index in [-0.39, 0.29) is 18.1 Å². The third kappa shape index (κ3) is 5.75. The Hall–Kier alpha value is -2.05. The molecule has 6 nitrogen and oxygen atoms in total. The van der Waals surface area contributed by atoms with Crippen molar-refractivity contribution < 1.29 is 20.1 Å². The topological polar surface area (TPSA) is 84.2 Å². The molecule has 0 saturated heterocycles. The van der Waals surface area contributed by atoms with E-state index in [0.717, 1.165) is 11.1 Å². The zero-order valence-electron chi connectivity index (χ0n) is 13.3. The average molecular weight is 308 g/mol. The second-order valence-electron chi connectivity index (χ2n) is 5.74. The fourth-order valence-electron chi connectivity index (χ4n) is 2.41. The number of benzene rings is 1. The molecule has 0 atom stereocenters. The van der Waals surface area contributed by atoms with Crippen molar-refractivity contribution >= 4 is 5.97 Å². The van der Waals surface area contributed by atoms with E-state index >= 15 is 0 Å². The number of aliphatic carboxylic acids is 1. The highest BCUT2D eigenvalue weighted by molar-refractivity contribution is 5.69. The lowest BCUT2D eigenvalue weighted by Gasteiger charge is -2.20. The highest BCUT2D eigenvalue weighted by atomic mass is 16.4. The van der Waals surface area contributed by atoms with E-state index < -0.39 is 5.97 Å². The first-order valence-corrected chi connectivity index (χ1v) is 6.96. The number of carbonyl (C=O) groups is 1. The van der Waals surface area contributed by atoms with Crippen LogP contribution in [0.2, 0.25) is 0 Å². The molecule has 0 unspecified atom stereocenters. The Morgan fingerprint density at radius 3 is 1.95 bits per heavy atom. The summed E-state index contributed by atoms with van der Waals surface area (Å²) in [5.41, 5.74) is 2.42. The molecule has 1 aromatic carbocycles. The quantitative estimate of drug-likeness (QED) is 0.634. The number of aromatic hydroxyl groups is 1. The summed E-state index contributed by atoms with van der Waals surface area (Å²) in [6.45, 7) is 6.42. The second-order valence-corrected chi connectivity index (χ2v) is 5.74. The van der Waals surface area contributed by atoms with Crippen LogP contribution in [-0.4, -0.2) is 58.3 Å². The lowest BCUT2D eigenvalue weighted by Crippen LogP contribution is -2.25. The molecule has 1 aromatic rings. The van der Waals surface area contributed by atoms with Crippen LogP contribution in [0.1, 0.15) is 16.7 Å². The number of carboxylic acid groups (broad SMARTS) is 1. The molecule has 0 radical (unpaired) electrons. The highest BCUT2D eigenvalue weighted by Gasteiger charge is 2.14. The van der Waals surface area contributed by atoms with Crippen LogP contribution in [-0.2, 0) is 17.9 Å². The van der Waals surface area contributed by atoms with Gasteiger partial charge in [-0.3, -0.25) is 14.6 Å². The summed E-state index contributed by atoms with van der Waals surface area (Å²) in [4.78, 5) is 14.2. The summed E-state index contributed by atoms with van der Waals surface area (Å²) >= 11 is 0. The maximum Gasteiger partial charge on any atom is 0.317 e. The molecule has 0 aliphatic carbocycles. The van der Waals surface area contributed by atoms with Gasteiger partial charge in [-0.15, -0.1) is 0 Å². The van der Waals surface area contributed by atoms with Gasteiger partial charge in [-0.05, 0) is 21.0 Å². The number of phenols is 1. The van der Waals surface area contributed by atoms with Gasteiger partial charge >= 0.3 is 5.97 Å². The number of phenolic OH excluding ortho intramolecular Hbond substituents is 1. The maximum atomic E-state index is 10.7. The molecule has 0 fully saturated rings.